The molecular formula is C24H28. The molecule has 0 saturated heterocycles. The molecular weight excluding hydrogens is 288 g/mol. The van der Waals surface area contributed by atoms with Crippen LogP contribution in [0.1, 0.15) is 68.6 Å². The second-order valence-corrected chi connectivity index (χ2v) is 8.71. The van der Waals surface area contributed by atoms with Crippen LogP contribution in [0.2, 0.25) is 0 Å². The molecule has 3 unspecified atom stereocenters. The number of aryl methyl sites for hydroxylation is 1. The minimum atomic E-state index is 0.610. The van der Waals surface area contributed by atoms with Gasteiger partial charge in [0, 0.05) is 0 Å². The van der Waals surface area contributed by atoms with E-state index in [4.69, 9.17) is 0 Å². The first-order valence-electron chi connectivity index (χ1n) is 9.91. The summed E-state index contributed by atoms with van der Waals surface area (Å²) < 4.78 is 0. The van der Waals surface area contributed by atoms with Gasteiger partial charge in [-0.25, -0.2) is 0 Å². The SMILES string of the molecule is CCC(C)c1cccc2cc3c(cc12)CCC1(CC2=CCC1C2)C3. The summed E-state index contributed by atoms with van der Waals surface area (Å²) >= 11 is 0. The van der Waals surface area contributed by atoms with Gasteiger partial charge in [0.15, 0.2) is 0 Å². The predicted molar refractivity (Wildman–Crippen MR) is 103 cm³/mol. The summed E-state index contributed by atoms with van der Waals surface area (Å²) in [6.45, 7) is 4.67. The second kappa shape index (κ2) is 5.22. The molecule has 124 valence electrons. The fourth-order valence-corrected chi connectivity index (χ4v) is 5.84. The topological polar surface area (TPSA) is 0 Å². The molecule has 3 aliphatic carbocycles. The van der Waals surface area contributed by atoms with Crippen LogP contribution >= 0.6 is 0 Å². The van der Waals surface area contributed by atoms with Crippen molar-refractivity contribution in [3.05, 3.63) is 58.7 Å². The molecule has 0 heterocycles. The quantitative estimate of drug-likeness (QED) is 0.550. The van der Waals surface area contributed by atoms with Gasteiger partial charge in [0.25, 0.3) is 0 Å². The van der Waals surface area contributed by atoms with Crippen molar-refractivity contribution in [3.8, 4) is 0 Å². The largest absolute Gasteiger partial charge is 0.0850 e. The standard InChI is InChI=1S/C24H28/c1-3-16(2)22-6-4-5-19-12-20-15-24(10-9-18(20)13-23(19)22)14-17-7-8-21(24)11-17/h4-7,12-13,16,21H,3,8-11,14-15H2,1-2H3. The van der Waals surface area contributed by atoms with Gasteiger partial charge in [0.05, 0.1) is 0 Å². The first-order valence-corrected chi connectivity index (χ1v) is 9.91. The van der Waals surface area contributed by atoms with Gasteiger partial charge in [-0.1, -0.05) is 55.8 Å². The molecule has 1 fully saturated rings. The summed E-state index contributed by atoms with van der Waals surface area (Å²) in [5.41, 5.74) is 7.22. The molecule has 0 aromatic heterocycles. The smallest absolute Gasteiger partial charge is 0.0146 e. The third-order valence-corrected chi connectivity index (χ3v) is 7.46. The minimum absolute atomic E-state index is 0.610. The lowest BCUT2D eigenvalue weighted by Crippen LogP contribution is -2.33. The molecule has 0 N–H and O–H groups in total. The Kier molecular flexibility index (Phi) is 3.21. The fourth-order valence-electron chi connectivity index (χ4n) is 5.84. The number of fused-ring (bicyclic) bond motifs is 5. The molecule has 0 amide bonds. The maximum atomic E-state index is 2.55. The molecule has 3 aliphatic rings. The second-order valence-electron chi connectivity index (χ2n) is 8.71. The van der Waals surface area contributed by atoms with Crippen molar-refractivity contribution < 1.29 is 0 Å². The molecule has 5 rings (SSSR count). The highest BCUT2D eigenvalue weighted by atomic mass is 14.5. The fraction of sp³-hybridized carbons (Fsp3) is 0.500. The van der Waals surface area contributed by atoms with Gasteiger partial charge in [0.2, 0.25) is 0 Å². The Morgan fingerprint density at radius 2 is 2.08 bits per heavy atom. The molecule has 2 aromatic carbocycles. The van der Waals surface area contributed by atoms with Crippen LogP contribution in [-0.4, -0.2) is 0 Å². The zero-order valence-electron chi connectivity index (χ0n) is 15.1. The van der Waals surface area contributed by atoms with Crippen molar-refractivity contribution >= 4 is 10.8 Å². The Balaban J connectivity index is 1.58. The zero-order valence-corrected chi connectivity index (χ0v) is 15.1. The lowest BCUT2D eigenvalue weighted by atomic mass is 9.64. The number of allylic oxidation sites excluding steroid dienone is 2. The maximum absolute atomic E-state index is 2.55. The molecule has 0 nitrogen and oxygen atoms in total. The Morgan fingerprint density at radius 1 is 1.17 bits per heavy atom. The van der Waals surface area contributed by atoms with Gasteiger partial charge >= 0.3 is 0 Å². The molecule has 0 heteroatoms. The average molecular weight is 316 g/mol. The molecule has 1 saturated carbocycles. The van der Waals surface area contributed by atoms with Crippen LogP contribution in [0.3, 0.4) is 0 Å². The van der Waals surface area contributed by atoms with E-state index in [0.717, 1.165) is 5.92 Å². The highest BCUT2D eigenvalue weighted by Crippen LogP contribution is 2.58. The Bertz CT molecular complexity index is 840. The van der Waals surface area contributed by atoms with Crippen molar-refractivity contribution in [1.82, 2.24) is 0 Å². The van der Waals surface area contributed by atoms with Crippen molar-refractivity contribution in [3.63, 3.8) is 0 Å². The minimum Gasteiger partial charge on any atom is -0.0850 e. The lowest BCUT2D eigenvalue weighted by molar-refractivity contribution is 0.169. The molecule has 24 heavy (non-hydrogen) atoms. The van der Waals surface area contributed by atoms with Gasteiger partial charge < -0.3 is 0 Å². The van der Waals surface area contributed by atoms with Gasteiger partial charge in [-0.2, -0.15) is 0 Å². The van der Waals surface area contributed by atoms with E-state index >= 15 is 0 Å². The third kappa shape index (κ3) is 2.05. The predicted octanol–water partition coefficient (Wildman–Crippen LogP) is 6.57. The van der Waals surface area contributed by atoms with Crippen LogP contribution in [0.25, 0.3) is 10.8 Å². The summed E-state index contributed by atoms with van der Waals surface area (Å²) in [6, 6.07) is 12.0. The average Bonchev–Trinajstić information content (AvgIpc) is 3.20. The summed E-state index contributed by atoms with van der Waals surface area (Å²) in [5, 5.41) is 2.98. The van der Waals surface area contributed by atoms with Crippen molar-refractivity contribution in [2.75, 3.05) is 0 Å². The molecule has 3 atom stereocenters. The Hall–Kier alpha value is -1.56. The van der Waals surface area contributed by atoms with Crippen LogP contribution in [0, 0.1) is 11.3 Å². The maximum Gasteiger partial charge on any atom is -0.0146 e. The number of hydrogen-bond acceptors (Lipinski definition) is 0. The summed E-state index contributed by atoms with van der Waals surface area (Å²) in [7, 11) is 0. The first-order chi connectivity index (χ1) is 11.7. The number of benzene rings is 2. The van der Waals surface area contributed by atoms with E-state index < -0.39 is 0 Å². The van der Waals surface area contributed by atoms with E-state index in [-0.39, 0.29) is 0 Å². The third-order valence-electron chi connectivity index (χ3n) is 7.46. The first kappa shape index (κ1) is 14.8. The van der Waals surface area contributed by atoms with Crippen LogP contribution < -0.4 is 0 Å². The van der Waals surface area contributed by atoms with Gasteiger partial charge in [-0.15, -0.1) is 0 Å². The highest BCUT2D eigenvalue weighted by molar-refractivity contribution is 5.88. The van der Waals surface area contributed by atoms with E-state index in [0.29, 0.717) is 11.3 Å². The Morgan fingerprint density at radius 3 is 2.83 bits per heavy atom. The molecule has 2 aromatic rings. The van der Waals surface area contributed by atoms with Crippen LogP contribution in [0.15, 0.2) is 42.0 Å². The van der Waals surface area contributed by atoms with E-state index in [2.05, 4.69) is 50.3 Å². The van der Waals surface area contributed by atoms with Gasteiger partial charge in [0.1, 0.15) is 0 Å². The van der Waals surface area contributed by atoms with Crippen molar-refractivity contribution in [2.24, 2.45) is 11.3 Å². The van der Waals surface area contributed by atoms with Crippen molar-refractivity contribution in [2.45, 2.75) is 64.7 Å². The highest BCUT2D eigenvalue weighted by Gasteiger charge is 2.48. The van der Waals surface area contributed by atoms with E-state index in [9.17, 15) is 0 Å². The van der Waals surface area contributed by atoms with Crippen LogP contribution in [0.5, 0.6) is 0 Å². The molecule has 2 bridgehead atoms. The van der Waals surface area contributed by atoms with E-state index in [1.165, 1.54) is 55.7 Å². The normalized spacial score (nSPS) is 29.1. The summed E-state index contributed by atoms with van der Waals surface area (Å²) in [4.78, 5) is 0. The molecule has 0 aliphatic heterocycles. The summed E-state index contributed by atoms with van der Waals surface area (Å²) in [6.07, 6.45) is 11.9. The summed E-state index contributed by atoms with van der Waals surface area (Å²) in [5.74, 6) is 1.60. The molecule has 1 spiro atoms. The van der Waals surface area contributed by atoms with E-state index in [1.54, 1.807) is 22.3 Å². The number of hydrogen-bond donors (Lipinski definition) is 0. The van der Waals surface area contributed by atoms with Crippen molar-refractivity contribution in [1.29, 1.82) is 0 Å². The van der Waals surface area contributed by atoms with Gasteiger partial charge in [-0.3, -0.25) is 0 Å². The zero-order chi connectivity index (χ0) is 16.3. The monoisotopic (exact) mass is 316 g/mol. The Labute approximate surface area is 146 Å². The van der Waals surface area contributed by atoms with Crippen LogP contribution in [0.4, 0.5) is 0 Å². The van der Waals surface area contributed by atoms with Crippen LogP contribution in [-0.2, 0) is 12.8 Å². The lowest BCUT2D eigenvalue weighted by Gasteiger charge is -2.40. The van der Waals surface area contributed by atoms with Gasteiger partial charge in [-0.05, 0) is 89.7 Å². The number of rotatable bonds is 2. The molecule has 0 radical (unpaired) electrons. The van der Waals surface area contributed by atoms with E-state index in [1.807, 2.05) is 0 Å².